The van der Waals surface area contributed by atoms with Gasteiger partial charge >= 0.3 is 0 Å². The zero-order chi connectivity index (χ0) is 47.4. The summed E-state index contributed by atoms with van der Waals surface area (Å²) in [6.45, 7) is 3.84. The summed E-state index contributed by atoms with van der Waals surface area (Å²) in [5, 5.41) is 0.100. The van der Waals surface area contributed by atoms with Crippen LogP contribution in [0.15, 0.2) is 134 Å². The van der Waals surface area contributed by atoms with Crippen molar-refractivity contribution in [3.8, 4) is 28.7 Å². The molecular weight excluding hydrogens is 888 g/mol. The maximum atomic E-state index is 13.6. The van der Waals surface area contributed by atoms with E-state index in [1.807, 2.05) is 18.7 Å². The van der Waals surface area contributed by atoms with E-state index < -0.39 is 12.1 Å². The van der Waals surface area contributed by atoms with Crippen molar-refractivity contribution in [3.05, 3.63) is 163 Å². The summed E-state index contributed by atoms with van der Waals surface area (Å²) >= 11 is 5.92. The van der Waals surface area contributed by atoms with Gasteiger partial charge in [0, 0.05) is 61.4 Å². The number of H-pyrrole nitrogens is 1. The number of amides is 2. The van der Waals surface area contributed by atoms with Crippen LogP contribution in [0.1, 0.15) is 26.7 Å². The number of hydrogen-bond acceptors (Lipinski definition) is 10. The number of nitrogens with zero attached hydrogens (tertiary/aromatic N) is 11. The van der Waals surface area contributed by atoms with Crippen LogP contribution in [-0.2, 0) is 9.59 Å². The highest BCUT2D eigenvalue weighted by Gasteiger charge is 2.39. The van der Waals surface area contributed by atoms with E-state index in [1.165, 1.54) is 59.6 Å². The number of hydrogen-bond donors (Lipinski definition) is 1. The fraction of sp³-hybridized carbons (Fsp3) is 0.167. The summed E-state index contributed by atoms with van der Waals surface area (Å²) in [5.74, 6) is 1.29. The van der Waals surface area contributed by atoms with E-state index in [0.717, 1.165) is 11.4 Å². The molecule has 19 heteroatoms. The first-order valence-corrected chi connectivity index (χ1v) is 21.3. The van der Waals surface area contributed by atoms with Crippen molar-refractivity contribution in [2.24, 2.45) is 0 Å². The van der Waals surface area contributed by atoms with Crippen LogP contribution in [0.3, 0.4) is 0 Å². The van der Waals surface area contributed by atoms with Gasteiger partial charge in [0.15, 0.2) is 11.6 Å². The number of likely N-dealkylation sites (N-methyl/N-ethyl adjacent to an activating group) is 2. The molecule has 340 valence electrons. The molecule has 0 fully saturated rings. The Labute approximate surface area is 387 Å². The molecule has 2 aliphatic rings. The molecule has 0 bridgehead atoms. The highest BCUT2D eigenvalue weighted by atomic mass is 35.5. The zero-order valence-corrected chi connectivity index (χ0v) is 37.2. The Hall–Kier alpha value is -7.99. The first kappa shape index (κ1) is 45.6. The minimum absolute atomic E-state index is 0.0646. The summed E-state index contributed by atoms with van der Waals surface area (Å²) in [7, 11) is 3.37. The topological polar surface area (TPSA) is 145 Å². The molecule has 10 rings (SSSR count). The average molecular weight is 929 g/mol. The van der Waals surface area contributed by atoms with Gasteiger partial charge in [0.1, 0.15) is 58.4 Å². The molecule has 67 heavy (non-hydrogen) atoms. The van der Waals surface area contributed by atoms with Crippen molar-refractivity contribution in [2.45, 2.75) is 38.8 Å². The molecule has 1 N–H and O–H groups in total. The molecule has 2 atom stereocenters. The summed E-state index contributed by atoms with van der Waals surface area (Å²) < 4.78 is 54.4. The fourth-order valence-electron chi connectivity index (χ4n) is 7.68. The monoisotopic (exact) mass is 928 g/mol. The van der Waals surface area contributed by atoms with E-state index in [2.05, 4.69) is 29.9 Å². The van der Waals surface area contributed by atoms with Crippen LogP contribution in [0.4, 0.5) is 51.9 Å². The number of rotatable bonds is 7. The van der Waals surface area contributed by atoms with Crippen LogP contribution in [-0.4, -0.2) is 77.4 Å². The van der Waals surface area contributed by atoms with Gasteiger partial charge < -0.3 is 24.6 Å². The van der Waals surface area contributed by atoms with E-state index in [4.69, 9.17) is 16.6 Å². The van der Waals surface area contributed by atoms with Gasteiger partial charge in [-0.05, 0) is 122 Å². The van der Waals surface area contributed by atoms with E-state index in [9.17, 15) is 27.2 Å². The molecule has 2 amide bonds. The number of aromatic nitrogens is 8. The maximum Gasteiger partial charge on any atom is 0.250 e. The number of anilines is 6. The molecule has 0 spiro atoms. The summed E-state index contributed by atoms with van der Waals surface area (Å²) in [6.07, 6.45) is 11.0. The van der Waals surface area contributed by atoms with Crippen molar-refractivity contribution in [2.75, 3.05) is 33.7 Å². The third-order valence-electron chi connectivity index (χ3n) is 11.0. The van der Waals surface area contributed by atoms with Gasteiger partial charge in [-0.25, -0.2) is 37.5 Å². The molecule has 14 nitrogen and oxygen atoms in total. The molecule has 4 aromatic heterocycles. The van der Waals surface area contributed by atoms with E-state index in [1.54, 1.807) is 108 Å². The van der Waals surface area contributed by atoms with Crippen molar-refractivity contribution < 1.29 is 27.2 Å². The van der Waals surface area contributed by atoms with Crippen molar-refractivity contribution in [1.82, 2.24) is 39.5 Å². The van der Waals surface area contributed by atoms with Gasteiger partial charge in [-0.2, -0.15) is 9.97 Å². The van der Waals surface area contributed by atoms with Gasteiger partial charge in [-0.1, -0.05) is 13.8 Å². The molecule has 0 saturated heterocycles. The number of aromatic amines is 1. The third-order valence-corrected chi connectivity index (χ3v) is 11.2. The van der Waals surface area contributed by atoms with E-state index in [-0.39, 0.29) is 40.4 Å². The SMILES string of the molecule is CCC1C(=O)N(C)c2cnc(-n3ccnc3-c3ccc(F)cc3)nc2N1c1ccc(F)cc1.CCC1C(=O)N(C)c2cnc(Cl)nc2N1c1ccc(F)cc1.Fc1ccc(-c2ncc[nH]2)cc1. The first-order chi connectivity index (χ1) is 32.4. The summed E-state index contributed by atoms with van der Waals surface area (Å²) in [6, 6.07) is 23.2. The second-order valence-corrected chi connectivity index (χ2v) is 15.5. The Morgan fingerprint density at radius 1 is 0.582 bits per heavy atom. The van der Waals surface area contributed by atoms with E-state index >= 15 is 0 Å². The van der Waals surface area contributed by atoms with Gasteiger partial charge in [-0.3, -0.25) is 14.2 Å². The lowest BCUT2D eigenvalue weighted by atomic mass is 10.1. The average Bonchev–Trinajstić information content (AvgIpc) is 4.07. The molecule has 0 aliphatic carbocycles. The van der Waals surface area contributed by atoms with Crippen molar-refractivity contribution >= 4 is 57.8 Å². The lowest BCUT2D eigenvalue weighted by Gasteiger charge is -2.40. The van der Waals surface area contributed by atoms with E-state index in [0.29, 0.717) is 64.6 Å². The Morgan fingerprint density at radius 2 is 1.04 bits per heavy atom. The number of fused-ring (bicyclic) bond motifs is 2. The molecule has 2 aliphatic heterocycles. The molecule has 0 saturated carbocycles. The number of benzene rings is 4. The Morgan fingerprint density at radius 3 is 1.52 bits per heavy atom. The highest BCUT2D eigenvalue weighted by molar-refractivity contribution is 6.28. The lowest BCUT2D eigenvalue weighted by molar-refractivity contribution is -0.120. The van der Waals surface area contributed by atoms with Gasteiger partial charge in [0.25, 0.3) is 0 Å². The molecule has 0 radical (unpaired) electrons. The third kappa shape index (κ3) is 9.42. The van der Waals surface area contributed by atoms with Crippen molar-refractivity contribution in [1.29, 1.82) is 0 Å². The van der Waals surface area contributed by atoms with Crippen LogP contribution in [0, 0.1) is 23.3 Å². The summed E-state index contributed by atoms with van der Waals surface area (Å²) in [5.41, 5.74) is 4.05. The smallest absolute Gasteiger partial charge is 0.250 e. The number of halogens is 5. The highest BCUT2D eigenvalue weighted by Crippen LogP contribution is 2.41. The number of imidazole rings is 2. The quantitative estimate of drug-likeness (QED) is 0.121. The maximum absolute atomic E-state index is 13.6. The zero-order valence-electron chi connectivity index (χ0n) is 36.4. The van der Waals surface area contributed by atoms with Crippen LogP contribution >= 0.6 is 11.6 Å². The Balaban J connectivity index is 0.000000153. The minimum atomic E-state index is -0.505. The molecule has 6 heterocycles. The largest absolute Gasteiger partial charge is 0.345 e. The first-order valence-electron chi connectivity index (χ1n) is 21.0. The van der Waals surface area contributed by atoms with Crippen LogP contribution < -0.4 is 19.6 Å². The fourth-order valence-corrected chi connectivity index (χ4v) is 7.81. The standard InChI is InChI=1S/C24H20F2N6O.C15H14ClFN4O.C9H7FN2/c1-3-19-23(33)30(2)20-14-28-24(29-22(20)32(19)18-10-8-17(26)9-11-18)31-13-12-27-21(31)15-4-6-16(25)7-5-15;1-3-11-14(22)20(2)12-8-18-15(16)19-13(12)21(11)10-6-4-9(17)5-7-10;10-8-3-1-7(2-4-8)9-11-5-6-12-9/h4-14,19H,3H2,1-2H3;4-8,11H,3H2,1-2H3;1-6H,(H,11,12). The summed E-state index contributed by atoms with van der Waals surface area (Å²) in [4.78, 5) is 61.2. The second kappa shape index (κ2) is 19.6. The predicted molar refractivity (Wildman–Crippen MR) is 248 cm³/mol. The molecule has 4 aromatic carbocycles. The Bertz CT molecular complexity index is 2990. The molecular formula is C48H41ClF4N12O2. The predicted octanol–water partition coefficient (Wildman–Crippen LogP) is 9.88. The minimum Gasteiger partial charge on any atom is -0.345 e. The van der Waals surface area contributed by atoms with Crippen LogP contribution in [0.25, 0.3) is 28.7 Å². The normalized spacial score (nSPS) is 15.3. The number of carbonyl (C=O) groups is 2. The molecule has 2 unspecified atom stereocenters. The van der Waals surface area contributed by atoms with Gasteiger partial charge in [-0.15, -0.1) is 0 Å². The van der Waals surface area contributed by atoms with Crippen molar-refractivity contribution in [3.63, 3.8) is 0 Å². The van der Waals surface area contributed by atoms with Gasteiger partial charge in [0.05, 0.1) is 12.4 Å². The number of carbonyl (C=O) groups excluding carboxylic acids is 2. The Kier molecular flexibility index (Phi) is 13.4. The van der Waals surface area contributed by atoms with Crippen LogP contribution in [0.2, 0.25) is 5.28 Å². The van der Waals surface area contributed by atoms with Crippen LogP contribution in [0.5, 0.6) is 0 Å². The molecule has 8 aromatic rings. The lowest BCUT2D eigenvalue weighted by Crippen LogP contribution is -2.50. The van der Waals surface area contributed by atoms with Gasteiger partial charge in [0.2, 0.25) is 23.0 Å². The second-order valence-electron chi connectivity index (χ2n) is 15.1. The number of nitrogens with one attached hydrogen (secondary N) is 1.